The summed E-state index contributed by atoms with van der Waals surface area (Å²) in [5, 5.41) is 12.2. The second-order valence-corrected chi connectivity index (χ2v) is 4.28. The van der Waals surface area contributed by atoms with E-state index in [-0.39, 0.29) is 5.56 Å². The van der Waals surface area contributed by atoms with Crippen molar-refractivity contribution in [1.29, 1.82) is 0 Å². The van der Waals surface area contributed by atoms with E-state index in [2.05, 4.69) is 5.32 Å². The van der Waals surface area contributed by atoms with Crippen LogP contribution in [-0.4, -0.2) is 42.6 Å². The molecule has 0 saturated carbocycles. The molecule has 1 aliphatic rings. The van der Waals surface area contributed by atoms with Crippen molar-refractivity contribution in [3.8, 4) is 5.75 Å². The Hall–Kier alpha value is -1.27. The average molecular weight is 260 g/mol. The summed E-state index contributed by atoms with van der Waals surface area (Å²) in [5.74, 6) is -1.39. The number of nitrogens with zero attached hydrogens (tertiary/aromatic N) is 1. The predicted molar refractivity (Wildman–Crippen MR) is 61.3 cm³/mol. The molecule has 0 aromatic heterocycles. The lowest BCUT2D eigenvalue weighted by Crippen LogP contribution is -2.46. The molecule has 0 amide bonds. The molecule has 1 heterocycles. The number of aromatic hydroxyl groups is 1. The lowest BCUT2D eigenvalue weighted by molar-refractivity contribution is 0.0180. The van der Waals surface area contributed by atoms with E-state index >= 15 is 0 Å². The highest BCUT2D eigenvalue weighted by Crippen LogP contribution is 2.30. The molecular formula is C12H15F3N2O. The Bertz CT molecular complexity index is 408. The minimum absolute atomic E-state index is 0.196. The Morgan fingerprint density at radius 3 is 2.44 bits per heavy atom. The van der Waals surface area contributed by atoms with E-state index in [1.165, 1.54) is 6.07 Å². The largest absolute Gasteiger partial charge is 0.505 e. The number of nitrogens with one attached hydrogen (secondary N) is 1. The first-order valence-corrected chi connectivity index (χ1v) is 5.81. The number of benzene rings is 1. The van der Waals surface area contributed by atoms with Gasteiger partial charge in [0.2, 0.25) is 0 Å². The second kappa shape index (κ2) is 5.58. The van der Waals surface area contributed by atoms with E-state index in [0.717, 1.165) is 12.1 Å². The Morgan fingerprint density at radius 1 is 1.22 bits per heavy atom. The van der Waals surface area contributed by atoms with Crippen LogP contribution in [0, 0.1) is 5.82 Å². The molecule has 1 fully saturated rings. The minimum atomic E-state index is -2.59. The van der Waals surface area contributed by atoms with Gasteiger partial charge in [-0.1, -0.05) is 6.07 Å². The van der Waals surface area contributed by atoms with Crippen LogP contribution in [-0.2, 0) is 0 Å². The van der Waals surface area contributed by atoms with Crippen molar-refractivity contribution >= 4 is 0 Å². The SMILES string of the molecule is Oc1ccc([C@H](C(F)F)N2CCNCC2)cc1F. The molecule has 0 radical (unpaired) electrons. The first-order chi connectivity index (χ1) is 8.59. The average Bonchev–Trinajstić information content (AvgIpc) is 2.35. The summed E-state index contributed by atoms with van der Waals surface area (Å²) in [6.07, 6.45) is -2.59. The summed E-state index contributed by atoms with van der Waals surface area (Å²) < 4.78 is 39.6. The normalized spacial score (nSPS) is 19.1. The van der Waals surface area contributed by atoms with Gasteiger partial charge in [-0.05, 0) is 17.7 Å². The number of rotatable bonds is 3. The van der Waals surface area contributed by atoms with Crippen LogP contribution >= 0.6 is 0 Å². The highest BCUT2D eigenvalue weighted by molar-refractivity contribution is 5.30. The fourth-order valence-electron chi connectivity index (χ4n) is 2.18. The molecular weight excluding hydrogens is 245 g/mol. The fourth-order valence-corrected chi connectivity index (χ4v) is 2.18. The molecule has 100 valence electrons. The molecule has 1 aliphatic heterocycles. The Balaban J connectivity index is 2.25. The number of phenolic OH excluding ortho intramolecular Hbond substituents is 1. The maximum absolute atomic E-state index is 13.2. The molecule has 0 aliphatic carbocycles. The predicted octanol–water partition coefficient (Wildman–Crippen LogP) is 1.74. The lowest BCUT2D eigenvalue weighted by Gasteiger charge is -2.34. The summed E-state index contributed by atoms with van der Waals surface area (Å²) in [5.41, 5.74) is 0.196. The van der Waals surface area contributed by atoms with Crippen LogP contribution in [0.4, 0.5) is 13.2 Å². The Kier molecular flexibility index (Phi) is 4.08. The van der Waals surface area contributed by atoms with Crippen molar-refractivity contribution in [1.82, 2.24) is 10.2 Å². The van der Waals surface area contributed by atoms with E-state index < -0.39 is 24.0 Å². The van der Waals surface area contributed by atoms with E-state index in [1.807, 2.05) is 0 Å². The minimum Gasteiger partial charge on any atom is -0.505 e. The van der Waals surface area contributed by atoms with Gasteiger partial charge in [-0.2, -0.15) is 0 Å². The highest BCUT2D eigenvalue weighted by Gasteiger charge is 2.30. The molecule has 2 rings (SSSR count). The number of halogens is 3. The molecule has 2 N–H and O–H groups in total. The zero-order chi connectivity index (χ0) is 13.1. The lowest BCUT2D eigenvalue weighted by atomic mass is 10.0. The second-order valence-electron chi connectivity index (χ2n) is 4.28. The molecule has 1 aromatic rings. The highest BCUT2D eigenvalue weighted by atomic mass is 19.3. The Morgan fingerprint density at radius 2 is 1.89 bits per heavy atom. The molecule has 0 spiro atoms. The monoisotopic (exact) mass is 260 g/mol. The van der Waals surface area contributed by atoms with Gasteiger partial charge in [0, 0.05) is 26.2 Å². The van der Waals surface area contributed by atoms with Crippen molar-refractivity contribution in [3.63, 3.8) is 0 Å². The number of alkyl halides is 2. The summed E-state index contributed by atoms with van der Waals surface area (Å²) in [4.78, 5) is 1.63. The van der Waals surface area contributed by atoms with Crippen molar-refractivity contribution in [2.75, 3.05) is 26.2 Å². The van der Waals surface area contributed by atoms with Crippen LogP contribution in [0.15, 0.2) is 18.2 Å². The number of hydrogen-bond donors (Lipinski definition) is 2. The maximum atomic E-state index is 13.2. The fraction of sp³-hybridized carbons (Fsp3) is 0.500. The van der Waals surface area contributed by atoms with E-state index in [9.17, 15) is 13.2 Å². The van der Waals surface area contributed by atoms with Crippen molar-refractivity contribution in [2.45, 2.75) is 12.5 Å². The van der Waals surface area contributed by atoms with Gasteiger partial charge >= 0.3 is 0 Å². The van der Waals surface area contributed by atoms with Crippen molar-refractivity contribution in [3.05, 3.63) is 29.6 Å². The third-order valence-corrected chi connectivity index (χ3v) is 3.10. The standard InChI is InChI=1S/C12H15F3N2O/c13-9-7-8(1-2-10(9)18)11(12(14)15)17-5-3-16-4-6-17/h1-2,7,11-12,16,18H,3-6H2/t11-/m1/s1. The van der Waals surface area contributed by atoms with E-state index in [4.69, 9.17) is 5.11 Å². The summed E-state index contributed by atoms with van der Waals surface area (Å²) >= 11 is 0. The number of hydrogen-bond acceptors (Lipinski definition) is 3. The van der Waals surface area contributed by atoms with Crippen LogP contribution in [0.5, 0.6) is 5.75 Å². The summed E-state index contributed by atoms with van der Waals surface area (Å²) in [6.45, 7) is 2.28. The molecule has 0 bridgehead atoms. The third-order valence-electron chi connectivity index (χ3n) is 3.10. The Labute approximate surface area is 103 Å². The van der Waals surface area contributed by atoms with Gasteiger partial charge < -0.3 is 10.4 Å². The van der Waals surface area contributed by atoms with Crippen LogP contribution < -0.4 is 5.32 Å². The topological polar surface area (TPSA) is 35.5 Å². The van der Waals surface area contributed by atoms with Gasteiger partial charge in [-0.25, -0.2) is 13.2 Å². The van der Waals surface area contributed by atoms with Gasteiger partial charge in [0.05, 0.1) is 6.04 Å². The van der Waals surface area contributed by atoms with Gasteiger partial charge in [0.25, 0.3) is 6.43 Å². The van der Waals surface area contributed by atoms with Gasteiger partial charge in [-0.3, -0.25) is 4.90 Å². The van der Waals surface area contributed by atoms with Crippen molar-refractivity contribution in [2.24, 2.45) is 0 Å². The zero-order valence-corrected chi connectivity index (χ0v) is 9.74. The molecule has 1 aromatic carbocycles. The van der Waals surface area contributed by atoms with Crippen LogP contribution in [0.2, 0.25) is 0 Å². The van der Waals surface area contributed by atoms with Crippen LogP contribution in [0.25, 0.3) is 0 Å². The molecule has 1 saturated heterocycles. The van der Waals surface area contributed by atoms with Gasteiger partial charge in [0.15, 0.2) is 11.6 Å². The third kappa shape index (κ3) is 2.76. The first kappa shape index (κ1) is 13.2. The molecule has 3 nitrogen and oxygen atoms in total. The quantitative estimate of drug-likeness (QED) is 0.869. The van der Waals surface area contributed by atoms with Gasteiger partial charge in [0.1, 0.15) is 0 Å². The molecule has 1 atom stereocenters. The van der Waals surface area contributed by atoms with E-state index in [1.54, 1.807) is 4.90 Å². The molecule has 6 heteroatoms. The molecule has 0 unspecified atom stereocenters. The number of piperazine rings is 1. The van der Waals surface area contributed by atoms with Crippen LogP contribution in [0.1, 0.15) is 11.6 Å². The molecule has 18 heavy (non-hydrogen) atoms. The van der Waals surface area contributed by atoms with Crippen molar-refractivity contribution < 1.29 is 18.3 Å². The van der Waals surface area contributed by atoms with Crippen LogP contribution in [0.3, 0.4) is 0 Å². The smallest absolute Gasteiger partial charge is 0.258 e. The summed E-state index contributed by atoms with van der Waals surface area (Å²) in [6, 6.07) is 2.32. The summed E-state index contributed by atoms with van der Waals surface area (Å²) in [7, 11) is 0. The number of phenols is 1. The first-order valence-electron chi connectivity index (χ1n) is 5.81. The van der Waals surface area contributed by atoms with E-state index in [0.29, 0.717) is 26.2 Å². The van der Waals surface area contributed by atoms with Gasteiger partial charge in [-0.15, -0.1) is 0 Å². The maximum Gasteiger partial charge on any atom is 0.258 e. The zero-order valence-electron chi connectivity index (χ0n) is 9.74.